The number of H-pyrrole nitrogens is 1. The van der Waals surface area contributed by atoms with E-state index in [2.05, 4.69) is 10.2 Å². The van der Waals surface area contributed by atoms with Gasteiger partial charge in [0.05, 0.1) is 11.3 Å². The summed E-state index contributed by atoms with van der Waals surface area (Å²) in [5.41, 5.74) is 1.44. The first-order valence-corrected chi connectivity index (χ1v) is 6.21. The number of hydrogen-bond donors (Lipinski definition) is 1. The molecule has 0 aliphatic heterocycles. The van der Waals surface area contributed by atoms with E-state index in [1.807, 2.05) is 13.0 Å². The Morgan fingerprint density at radius 2 is 1.90 bits per heavy atom. The largest absolute Gasteiger partial charge is 0.416 e. The van der Waals surface area contributed by atoms with E-state index in [0.29, 0.717) is 6.54 Å². The Labute approximate surface area is 115 Å². The number of hydrogen-bond acceptors (Lipinski definition) is 2. The first kappa shape index (κ1) is 14.6. The molecule has 0 aliphatic carbocycles. The molecule has 2 rings (SSSR count). The summed E-state index contributed by atoms with van der Waals surface area (Å²) in [7, 11) is 1.77. The van der Waals surface area contributed by atoms with Gasteiger partial charge in [0, 0.05) is 18.8 Å². The molecule has 1 aromatic carbocycles. The summed E-state index contributed by atoms with van der Waals surface area (Å²) < 4.78 is 38.7. The van der Waals surface area contributed by atoms with Gasteiger partial charge >= 0.3 is 6.18 Å². The summed E-state index contributed by atoms with van der Waals surface area (Å²) in [4.78, 5) is 1.81. The van der Waals surface area contributed by atoms with Gasteiger partial charge in [-0.2, -0.15) is 18.3 Å². The highest BCUT2D eigenvalue weighted by Gasteiger charge is 2.32. The molecule has 2 aromatic rings. The molecule has 0 saturated carbocycles. The molecule has 0 bridgehead atoms. The maximum atomic E-state index is 12.9. The smallest absolute Gasteiger partial charge is 0.296 e. The van der Waals surface area contributed by atoms with Crippen LogP contribution in [0.15, 0.2) is 30.3 Å². The molecule has 0 spiro atoms. The highest BCUT2D eigenvalue weighted by molar-refractivity contribution is 5.29. The highest BCUT2D eigenvalue weighted by atomic mass is 19.4. The van der Waals surface area contributed by atoms with Crippen LogP contribution in [0.4, 0.5) is 13.2 Å². The molecule has 0 amide bonds. The minimum Gasteiger partial charge on any atom is -0.296 e. The summed E-state index contributed by atoms with van der Waals surface area (Å²) in [6, 6.07) is 7.53. The molecule has 20 heavy (non-hydrogen) atoms. The van der Waals surface area contributed by atoms with Gasteiger partial charge in [0.25, 0.3) is 0 Å². The fourth-order valence-corrected chi connectivity index (χ4v) is 2.11. The quantitative estimate of drug-likeness (QED) is 0.933. The van der Waals surface area contributed by atoms with Crippen molar-refractivity contribution in [3.8, 4) is 0 Å². The third kappa shape index (κ3) is 3.60. The van der Waals surface area contributed by atoms with E-state index in [1.54, 1.807) is 18.0 Å². The van der Waals surface area contributed by atoms with Gasteiger partial charge in [-0.25, -0.2) is 0 Å². The van der Waals surface area contributed by atoms with Gasteiger partial charge in [-0.15, -0.1) is 0 Å². The SMILES string of the molecule is Cc1cc(CN(C)Cc2ccccc2C(F)(F)F)n[nH]1. The van der Waals surface area contributed by atoms with Crippen molar-refractivity contribution in [1.82, 2.24) is 15.1 Å². The van der Waals surface area contributed by atoms with Crippen molar-refractivity contribution in [2.24, 2.45) is 0 Å². The number of aromatic nitrogens is 2. The van der Waals surface area contributed by atoms with Crippen LogP contribution in [-0.2, 0) is 19.3 Å². The molecule has 0 aliphatic rings. The molecule has 0 radical (unpaired) electrons. The Balaban J connectivity index is 2.10. The summed E-state index contributed by atoms with van der Waals surface area (Å²) in [5.74, 6) is 0. The second kappa shape index (κ2) is 5.66. The van der Waals surface area contributed by atoms with Crippen molar-refractivity contribution in [3.63, 3.8) is 0 Å². The van der Waals surface area contributed by atoms with Crippen LogP contribution in [0.3, 0.4) is 0 Å². The molecule has 1 N–H and O–H groups in total. The van der Waals surface area contributed by atoms with E-state index in [4.69, 9.17) is 0 Å². The maximum absolute atomic E-state index is 12.9. The number of benzene rings is 1. The number of aryl methyl sites for hydroxylation is 1. The zero-order chi connectivity index (χ0) is 14.8. The van der Waals surface area contributed by atoms with E-state index in [-0.39, 0.29) is 12.1 Å². The lowest BCUT2D eigenvalue weighted by Crippen LogP contribution is -2.20. The van der Waals surface area contributed by atoms with Gasteiger partial charge in [0.15, 0.2) is 0 Å². The minimum atomic E-state index is -4.32. The first-order chi connectivity index (χ1) is 9.36. The second-order valence-electron chi connectivity index (χ2n) is 4.87. The second-order valence-corrected chi connectivity index (χ2v) is 4.87. The fraction of sp³-hybridized carbons (Fsp3) is 0.357. The summed E-state index contributed by atoms with van der Waals surface area (Å²) in [6.45, 7) is 2.60. The van der Waals surface area contributed by atoms with E-state index in [1.165, 1.54) is 12.1 Å². The molecule has 6 heteroatoms. The van der Waals surface area contributed by atoms with Gasteiger partial charge in [-0.05, 0) is 31.7 Å². The third-order valence-electron chi connectivity index (χ3n) is 2.95. The average Bonchev–Trinajstić information content (AvgIpc) is 2.73. The molecule has 108 valence electrons. The Kier molecular flexibility index (Phi) is 4.13. The van der Waals surface area contributed by atoms with Gasteiger partial charge in [-0.1, -0.05) is 18.2 Å². The van der Waals surface area contributed by atoms with Crippen LogP contribution < -0.4 is 0 Å². The molecule has 1 aromatic heterocycles. The lowest BCUT2D eigenvalue weighted by molar-refractivity contribution is -0.138. The molecule has 0 atom stereocenters. The van der Waals surface area contributed by atoms with Crippen LogP contribution in [0.25, 0.3) is 0 Å². The van der Waals surface area contributed by atoms with Crippen molar-refractivity contribution < 1.29 is 13.2 Å². The maximum Gasteiger partial charge on any atom is 0.416 e. The van der Waals surface area contributed by atoms with Crippen LogP contribution >= 0.6 is 0 Å². The van der Waals surface area contributed by atoms with Crippen LogP contribution in [-0.4, -0.2) is 22.1 Å². The minimum absolute atomic E-state index is 0.224. The number of nitrogens with zero attached hydrogens (tertiary/aromatic N) is 2. The van der Waals surface area contributed by atoms with E-state index >= 15 is 0 Å². The van der Waals surface area contributed by atoms with Crippen LogP contribution in [0.1, 0.15) is 22.5 Å². The number of nitrogens with one attached hydrogen (secondary N) is 1. The van der Waals surface area contributed by atoms with Crippen LogP contribution in [0.2, 0.25) is 0 Å². The Morgan fingerprint density at radius 3 is 2.50 bits per heavy atom. The molecule has 1 heterocycles. The summed E-state index contributed by atoms with van der Waals surface area (Å²) >= 11 is 0. The molecular formula is C14H16F3N3. The average molecular weight is 283 g/mol. The molecule has 0 fully saturated rings. The standard InChI is InChI=1S/C14H16F3N3/c1-10-7-12(19-18-10)9-20(2)8-11-5-3-4-6-13(11)14(15,16)17/h3-7H,8-9H2,1-2H3,(H,18,19). The Morgan fingerprint density at radius 1 is 1.20 bits per heavy atom. The first-order valence-electron chi connectivity index (χ1n) is 6.21. The molecule has 3 nitrogen and oxygen atoms in total. The molecule has 0 saturated heterocycles. The van der Waals surface area contributed by atoms with Gasteiger partial charge in [0.1, 0.15) is 0 Å². The van der Waals surface area contributed by atoms with E-state index < -0.39 is 11.7 Å². The Bertz CT molecular complexity index is 575. The summed E-state index contributed by atoms with van der Waals surface area (Å²) in [6.07, 6.45) is -4.32. The number of alkyl halides is 3. The lowest BCUT2D eigenvalue weighted by atomic mass is 10.1. The van der Waals surface area contributed by atoms with Crippen molar-refractivity contribution in [2.45, 2.75) is 26.2 Å². The predicted molar refractivity (Wildman–Crippen MR) is 69.9 cm³/mol. The van der Waals surface area contributed by atoms with E-state index in [0.717, 1.165) is 17.5 Å². The van der Waals surface area contributed by atoms with Crippen LogP contribution in [0.5, 0.6) is 0 Å². The van der Waals surface area contributed by atoms with E-state index in [9.17, 15) is 13.2 Å². The topological polar surface area (TPSA) is 31.9 Å². The monoisotopic (exact) mass is 283 g/mol. The van der Waals surface area contributed by atoms with Crippen molar-refractivity contribution in [1.29, 1.82) is 0 Å². The van der Waals surface area contributed by atoms with Crippen LogP contribution in [0, 0.1) is 6.92 Å². The Hall–Kier alpha value is -1.82. The highest BCUT2D eigenvalue weighted by Crippen LogP contribution is 2.32. The fourth-order valence-electron chi connectivity index (χ4n) is 2.11. The van der Waals surface area contributed by atoms with Crippen molar-refractivity contribution >= 4 is 0 Å². The zero-order valence-electron chi connectivity index (χ0n) is 11.3. The molecule has 0 unspecified atom stereocenters. The number of halogens is 3. The normalized spacial score (nSPS) is 12.1. The zero-order valence-corrected chi connectivity index (χ0v) is 11.3. The van der Waals surface area contributed by atoms with Crippen molar-refractivity contribution in [3.05, 3.63) is 52.8 Å². The van der Waals surface area contributed by atoms with Gasteiger partial charge in [0.2, 0.25) is 0 Å². The number of rotatable bonds is 4. The van der Waals surface area contributed by atoms with Gasteiger partial charge < -0.3 is 0 Å². The number of aromatic amines is 1. The van der Waals surface area contributed by atoms with Crippen molar-refractivity contribution in [2.75, 3.05) is 7.05 Å². The third-order valence-corrected chi connectivity index (χ3v) is 2.95. The summed E-state index contributed by atoms with van der Waals surface area (Å²) in [5, 5.41) is 6.90. The van der Waals surface area contributed by atoms with Gasteiger partial charge in [-0.3, -0.25) is 10.00 Å². The molecular weight excluding hydrogens is 267 g/mol. The lowest BCUT2D eigenvalue weighted by Gasteiger charge is -2.19. The predicted octanol–water partition coefficient (Wildman–Crippen LogP) is 3.37.